The minimum Gasteiger partial charge on any atom is -0.325 e. The number of halogens is 1. The van der Waals surface area contributed by atoms with Crippen molar-refractivity contribution in [2.24, 2.45) is 5.73 Å². The first-order valence-electron chi connectivity index (χ1n) is 4.05. The third-order valence-electron chi connectivity index (χ3n) is 1.94. The number of nitrogens with zero attached hydrogens (tertiary/aromatic N) is 1. The number of hydrogen-bond donors (Lipinski definition) is 1. The second kappa shape index (κ2) is 3.59. The zero-order valence-electron chi connectivity index (χ0n) is 7.00. The predicted molar refractivity (Wildman–Crippen MR) is 62.4 cm³/mol. The first-order valence-corrected chi connectivity index (χ1v) is 5.13. The van der Waals surface area contributed by atoms with Gasteiger partial charge in [-0.05, 0) is 34.7 Å². The van der Waals surface area contributed by atoms with Crippen LogP contribution >= 0.6 is 22.6 Å². The standard InChI is InChI=1S/C10H9IN2/c11-9-3-1-2-7-4-5-8(6-12)13-10(7)9/h1-5H,6,12H2. The fourth-order valence-corrected chi connectivity index (χ4v) is 1.90. The van der Waals surface area contributed by atoms with Gasteiger partial charge >= 0.3 is 0 Å². The lowest BCUT2D eigenvalue weighted by molar-refractivity contribution is 1.01. The molecular formula is C10H9IN2. The van der Waals surface area contributed by atoms with E-state index >= 15 is 0 Å². The van der Waals surface area contributed by atoms with Crippen LogP contribution in [0.2, 0.25) is 0 Å². The fraction of sp³-hybridized carbons (Fsp3) is 0.100. The van der Waals surface area contributed by atoms with E-state index in [-0.39, 0.29) is 0 Å². The molecule has 0 aliphatic rings. The van der Waals surface area contributed by atoms with Gasteiger partial charge in [0, 0.05) is 15.5 Å². The van der Waals surface area contributed by atoms with Crippen LogP contribution in [0.5, 0.6) is 0 Å². The lowest BCUT2D eigenvalue weighted by Crippen LogP contribution is -1.99. The van der Waals surface area contributed by atoms with Crippen LogP contribution in [-0.4, -0.2) is 4.98 Å². The molecule has 0 atom stereocenters. The van der Waals surface area contributed by atoms with Crippen molar-refractivity contribution in [2.45, 2.75) is 6.54 Å². The minimum absolute atomic E-state index is 0.501. The van der Waals surface area contributed by atoms with Gasteiger partial charge in [-0.15, -0.1) is 0 Å². The first kappa shape index (κ1) is 8.90. The first-order chi connectivity index (χ1) is 6.31. The Balaban J connectivity index is 2.74. The lowest BCUT2D eigenvalue weighted by atomic mass is 10.2. The normalized spacial score (nSPS) is 10.6. The average Bonchev–Trinajstić information content (AvgIpc) is 2.18. The Morgan fingerprint density at radius 1 is 1.23 bits per heavy atom. The largest absolute Gasteiger partial charge is 0.325 e. The van der Waals surface area contributed by atoms with Gasteiger partial charge in [0.25, 0.3) is 0 Å². The quantitative estimate of drug-likeness (QED) is 0.816. The molecule has 1 aromatic carbocycles. The third kappa shape index (κ3) is 1.66. The summed E-state index contributed by atoms with van der Waals surface area (Å²) in [7, 11) is 0. The molecule has 0 aliphatic carbocycles. The Kier molecular flexibility index (Phi) is 2.46. The van der Waals surface area contributed by atoms with E-state index in [4.69, 9.17) is 5.73 Å². The van der Waals surface area contributed by atoms with Crippen molar-refractivity contribution in [2.75, 3.05) is 0 Å². The molecule has 13 heavy (non-hydrogen) atoms. The van der Waals surface area contributed by atoms with Gasteiger partial charge in [-0.3, -0.25) is 4.98 Å². The van der Waals surface area contributed by atoms with Gasteiger partial charge in [-0.2, -0.15) is 0 Å². The highest BCUT2D eigenvalue weighted by atomic mass is 127. The summed E-state index contributed by atoms with van der Waals surface area (Å²) in [5, 5.41) is 1.17. The van der Waals surface area contributed by atoms with Crippen molar-refractivity contribution in [1.29, 1.82) is 0 Å². The van der Waals surface area contributed by atoms with E-state index in [2.05, 4.69) is 45.8 Å². The van der Waals surface area contributed by atoms with Crippen LogP contribution in [0.25, 0.3) is 10.9 Å². The Bertz CT molecular complexity index is 440. The fourth-order valence-electron chi connectivity index (χ4n) is 1.26. The number of fused-ring (bicyclic) bond motifs is 1. The number of para-hydroxylation sites is 1. The molecule has 0 aliphatic heterocycles. The van der Waals surface area contributed by atoms with Gasteiger partial charge in [-0.1, -0.05) is 18.2 Å². The van der Waals surface area contributed by atoms with Gasteiger partial charge in [0.05, 0.1) is 11.2 Å². The van der Waals surface area contributed by atoms with E-state index in [0.717, 1.165) is 11.2 Å². The smallest absolute Gasteiger partial charge is 0.0839 e. The Hall–Kier alpha value is -0.680. The van der Waals surface area contributed by atoms with Crippen molar-refractivity contribution in [3.05, 3.63) is 39.6 Å². The van der Waals surface area contributed by atoms with Crippen molar-refractivity contribution < 1.29 is 0 Å². The van der Waals surface area contributed by atoms with Crippen LogP contribution in [0.3, 0.4) is 0 Å². The lowest BCUT2D eigenvalue weighted by Gasteiger charge is -2.01. The van der Waals surface area contributed by atoms with E-state index in [1.54, 1.807) is 0 Å². The molecule has 0 spiro atoms. The van der Waals surface area contributed by atoms with Crippen molar-refractivity contribution in [3.63, 3.8) is 0 Å². The molecule has 2 N–H and O–H groups in total. The molecule has 0 saturated heterocycles. The maximum Gasteiger partial charge on any atom is 0.0839 e. The molecule has 0 bridgehead atoms. The summed E-state index contributed by atoms with van der Waals surface area (Å²) >= 11 is 2.29. The summed E-state index contributed by atoms with van der Waals surface area (Å²) in [5.74, 6) is 0. The maximum atomic E-state index is 5.53. The average molecular weight is 284 g/mol. The number of hydrogen-bond acceptors (Lipinski definition) is 2. The highest BCUT2D eigenvalue weighted by molar-refractivity contribution is 14.1. The summed E-state index contributed by atoms with van der Waals surface area (Å²) in [6.45, 7) is 0.501. The molecule has 0 amide bonds. The van der Waals surface area contributed by atoms with Crippen molar-refractivity contribution in [1.82, 2.24) is 4.98 Å². The third-order valence-corrected chi connectivity index (χ3v) is 2.81. The molecule has 3 heteroatoms. The predicted octanol–water partition coefficient (Wildman–Crippen LogP) is 2.30. The monoisotopic (exact) mass is 284 g/mol. The number of nitrogens with two attached hydrogens (primary N) is 1. The Labute approximate surface area is 90.3 Å². The molecule has 2 nitrogen and oxygen atoms in total. The SMILES string of the molecule is NCc1ccc2cccc(I)c2n1. The second-order valence-electron chi connectivity index (χ2n) is 2.82. The molecule has 2 aromatic rings. The number of pyridine rings is 1. The van der Waals surface area contributed by atoms with Gasteiger partial charge in [0.15, 0.2) is 0 Å². The molecule has 0 saturated carbocycles. The van der Waals surface area contributed by atoms with Crippen LogP contribution < -0.4 is 5.73 Å². The summed E-state index contributed by atoms with van der Waals surface area (Å²) in [6.07, 6.45) is 0. The van der Waals surface area contributed by atoms with Gasteiger partial charge in [0.2, 0.25) is 0 Å². The summed E-state index contributed by atoms with van der Waals surface area (Å²) in [5.41, 5.74) is 7.51. The molecule has 0 radical (unpaired) electrons. The molecule has 1 heterocycles. The molecule has 0 unspecified atom stereocenters. The molecule has 66 valence electrons. The molecule has 0 fully saturated rings. The number of aromatic nitrogens is 1. The van der Waals surface area contributed by atoms with Crippen LogP contribution in [0.4, 0.5) is 0 Å². The second-order valence-corrected chi connectivity index (χ2v) is 3.98. The van der Waals surface area contributed by atoms with Gasteiger partial charge in [0.1, 0.15) is 0 Å². The van der Waals surface area contributed by atoms with E-state index in [9.17, 15) is 0 Å². The van der Waals surface area contributed by atoms with Crippen molar-refractivity contribution in [3.8, 4) is 0 Å². The van der Waals surface area contributed by atoms with Crippen LogP contribution in [0, 0.1) is 3.57 Å². The molecular weight excluding hydrogens is 275 g/mol. The summed E-state index contributed by atoms with van der Waals surface area (Å²) in [4.78, 5) is 4.46. The zero-order chi connectivity index (χ0) is 9.26. The van der Waals surface area contributed by atoms with Crippen LogP contribution in [0.15, 0.2) is 30.3 Å². The van der Waals surface area contributed by atoms with Crippen LogP contribution in [-0.2, 0) is 6.54 Å². The Morgan fingerprint density at radius 2 is 2.08 bits per heavy atom. The van der Waals surface area contributed by atoms with Gasteiger partial charge < -0.3 is 5.73 Å². The number of benzene rings is 1. The van der Waals surface area contributed by atoms with E-state index in [0.29, 0.717) is 6.54 Å². The van der Waals surface area contributed by atoms with Crippen molar-refractivity contribution >= 4 is 33.5 Å². The summed E-state index contributed by atoms with van der Waals surface area (Å²) in [6, 6.07) is 10.2. The van der Waals surface area contributed by atoms with E-state index in [1.165, 1.54) is 8.96 Å². The number of rotatable bonds is 1. The van der Waals surface area contributed by atoms with E-state index < -0.39 is 0 Å². The molecule has 2 rings (SSSR count). The van der Waals surface area contributed by atoms with Gasteiger partial charge in [-0.25, -0.2) is 0 Å². The molecule has 1 aromatic heterocycles. The topological polar surface area (TPSA) is 38.9 Å². The van der Waals surface area contributed by atoms with E-state index in [1.807, 2.05) is 12.1 Å². The minimum atomic E-state index is 0.501. The zero-order valence-corrected chi connectivity index (χ0v) is 9.15. The van der Waals surface area contributed by atoms with Crippen LogP contribution in [0.1, 0.15) is 5.69 Å². The highest BCUT2D eigenvalue weighted by Gasteiger charge is 1.99. The summed E-state index contributed by atoms with van der Waals surface area (Å²) < 4.78 is 1.17. The maximum absolute atomic E-state index is 5.53. The highest BCUT2D eigenvalue weighted by Crippen LogP contribution is 2.18. The Morgan fingerprint density at radius 3 is 2.85 bits per heavy atom.